The van der Waals surface area contributed by atoms with E-state index in [9.17, 15) is 9.59 Å². The number of hydrogen-bond acceptors (Lipinski definition) is 3. The molecule has 136 valence electrons. The fourth-order valence-electron chi connectivity index (χ4n) is 2.97. The molecule has 7 heteroatoms. The number of nitrogens with zero attached hydrogens (tertiary/aromatic N) is 1. The standard InChI is InChI=1S/C19H20ClN3O3/c1-12(24)23-8-7-13-3-5-16(9-14(13)11-23)21-19(25)22-17-10-15(20)4-6-18(17)26-2/h3-6,9-10H,7-8,11H2,1-2H3,(H2,21,22,25). The van der Waals surface area contributed by atoms with Crippen LogP contribution in [0.3, 0.4) is 0 Å². The van der Waals surface area contributed by atoms with E-state index in [4.69, 9.17) is 16.3 Å². The third kappa shape index (κ3) is 4.08. The van der Waals surface area contributed by atoms with Gasteiger partial charge in [0.1, 0.15) is 5.75 Å². The number of carbonyl (C=O) groups is 2. The molecule has 0 aliphatic carbocycles. The highest BCUT2D eigenvalue weighted by Crippen LogP contribution is 2.28. The average Bonchev–Trinajstić information content (AvgIpc) is 2.61. The van der Waals surface area contributed by atoms with Gasteiger partial charge in [0.25, 0.3) is 0 Å². The first-order valence-corrected chi connectivity index (χ1v) is 8.63. The second-order valence-corrected chi connectivity index (χ2v) is 6.53. The molecule has 2 aromatic carbocycles. The first kappa shape index (κ1) is 18.1. The Labute approximate surface area is 157 Å². The van der Waals surface area contributed by atoms with Crippen LogP contribution in [0.2, 0.25) is 5.02 Å². The first-order chi connectivity index (χ1) is 12.5. The van der Waals surface area contributed by atoms with Crippen LogP contribution < -0.4 is 15.4 Å². The van der Waals surface area contributed by atoms with Gasteiger partial charge in [-0.05, 0) is 47.9 Å². The molecule has 0 atom stereocenters. The lowest BCUT2D eigenvalue weighted by Crippen LogP contribution is -2.34. The van der Waals surface area contributed by atoms with Gasteiger partial charge in [-0.1, -0.05) is 17.7 Å². The molecule has 2 aromatic rings. The number of rotatable bonds is 3. The Balaban J connectivity index is 1.72. The number of amides is 3. The molecule has 0 fully saturated rings. The summed E-state index contributed by atoms with van der Waals surface area (Å²) in [6, 6.07) is 10.3. The lowest BCUT2D eigenvalue weighted by Gasteiger charge is -2.28. The highest BCUT2D eigenvalue weighted by atomic mass is 35.5. The van der Waals surface area contributed by atoms with Crippen LogP contribution in [0, 0.1) is 0 Å². The molecule has 6 nitrogen and oxygen atoms in total. The van der Waals surface area contributed by atoms with Gasteiger partial charge >= 0.3 is 6.03 Å². The molecule has 2 N–H and O–H groups in total. The predicted molar refractivity (Wildman–Crippen MR) is 102 cm³/mol. The maximum absolute atomic E-state index is 12.3. The number of anilines is 2. The molecule has 0 radical (unpaired) electrons. The van der Waals surface area contributed by atoms with Crippen LogP contribution in [0.1, 0.15) is 18.1 Å². The van der Waals surface area contributed by atoms with E-state index in [1.807, 2.05) is 18.2 Å². The number of fused-ring (bicyclic) bond motifs is 1. The Morgan fingerprint density at radius 3 is 2.65 bits per heavy atom. The van der Waals surface area contributed by atoms with Gasteiger partial charge in [0.05, 0.1) is 12.8 Å². The fraction of sp³-hybridized carbons (Fsp3) is 0.263. The Bertz CT molecular complexity index is 854. The van der Waals surface area contributed by atoms with Crippen molar-refractivity contribution in [3.8, 4) is 5.75 Å². The molecule has 1 aliphatic heterocycles. The molecular formula is C19H20ClN3O3. The smallest absolute Gasteiger partial charge is 0.323 e. The number of nitrogens with one attached hydrogen (secondary N) is 2. The van der Waals surface area contributed by atoms with Gasteiger partial charge in [-0.2, -0.15) is 0 Å². The highest BCUT2D eigenvalue weighted by Gasteiger charge is 2.18. The van der Waals surface area contributed by atoms with E-state index in [0.717, 1.165) is 18.5 Å². The van der Waals surface area contributed by atoms with E-state index in [1.54, 1.807) is 30.0 Å². The molecule has 0 aromatic heterocycles. The Kier molecular flexibility index (Phi) is 5.32. The van der Waals surface area contributed by atoms with Gasteiger partial charge in [-0.25, -0.2) is 4.79 Å². The minimum atomic E-state index is -0.398. The Morgan fingerprint density at radius 2 is 1.92 bits per heavy atom. The molecule has 3 amide bonds. The number of ether oxygens (including phenoxy) is 1. The lowest BCUT2D eigenvalue weighted by atomic mass is 9.99. The number of benzene rings is 2. The van der Waals surface area contributed by atoms with Crippen LogP contribution in [0.25, 0.3) is 0 Å². The van der Waals surface area contributed by atoms with Gasteiger partial charge in [0.2, 0.25) is 5.91 Å². The second-order valence-electron chi connectivity index (χ2n) is 6.10. The second kappa shape index (κ2) is 7.66. The molecule has 3 rings (SSSR count). The monoisotopic (exact) mass is 373 g/mol. The van der Waals surface area contributed by atoms with Crippen LogP contribution >= 0.6 is 11.6 Å². The van der Waals surface area contributed by atoms with Gasteiger partial charge in [-0.3, -0.25) is 4.79 Å². The van der Waals surface area contributed by atoms with Crippen molar-refractivity contribution in [1.82, 2.24) is 4.90 Å². The van der Waals surface area contributed by atoms with Gasteiger partial charge in [0, 0.05) is 30.7 Å². The third-order valence-corrected chi connectivity index (χ3v) is 4.57. The minimum Gasteiger partial charge on any atom is -0.495 e. The van der Waals surface area contributed by atoms with Crippen molar-refractivity contribution in [2.45, 2.75) is 19.9 Å². The quantitative estimate of drug-likeness (QED) is 0.857. The number of halogens is 1. The van der Waals surface area contributed by atoms with E-state index >= 15 is 0 Å². The molecule has 0 saturated carbocycles. The van der Waals surface area contributed by atoms with Crippen LogP contribution in [-0.2, 0) is 17.8 Å². The van der Waals surface area contributed by atoms with Gasteiger partial charge in [0.15, 0.2) is 0 Å². The topological polar surface area (TPSA) is 70.7 Å². The zero-order valence-electron chi connectivity index (χ0n) is 14.6. The predicted octanol–water partition coefficient (Wildman–Crippen LogP) is 3.90. The summed E-state index contributed by atoms with van der Waals surface area (Å²) in [7, 11) is 1.52. The lowest BCUT2D eigenvalue weighted by molar-refractivity contribution is -0.129. The normalized spacial score (nSPS) is 13.0. The van der Waals surface area contributed by atoms with E-state index in [1.165, 1.54) is 12.7 Å². The van der Waals surface area contributed by atoms with Gasteiger partial charge in [-0.15, -0.1) is 0 Å². The Hall–Kier alpha value is -2.73. The summed E-state index contributed by atoms with van der Waals surface area (Å²) in [6.45, 7) is 2.85. The maximum Gasteiger partial charge on any atom is 0.323 e. The summed E-state index contributed by atoms with van der Waals surface area (Å²) >= 11 is 5.98. The molecule has 26 heavy (non-hydrogen) atoms. The van der Waals surface area contributed by atoms with Crippen molar-refractivity contribution in [1.29, 1.82) is 0 Å². The summed E-state index contributed by atoms with van der Waals surface area (Å²) < 4.78 is 5.22. The summed E-state index contributed by atoms with van der Waals surface area (Å²) in [5, 5.41) is 6.04. The van der Waals surface area contributed by atoms with Crippen molar-refractivity contribution < 1.29 is 14.3 Å². The number of urea groups is 1. The Morgan fingerprint density at radius 1 is 1.12 bits per heavy atom. The highest BCUT2D eigenvalue weighted by molar-refractivity contribution is 6.31. The van der Waals surface area contributed by atoms with Crippen molar-refractivity contribution in [2.24, 2.45) is 0 Å². The molecule has 0 spiro atoms. The van der Waals surface area contributed by atoms with Crippen molar-refractivity contribution >= 4 is 34.9 Å². The van der Waals surface area contributed by atoms with Crippen molar-refractivity contribution in [2.75, 3.05) is 24.3 Å². The molecule has 0 saturated heterocycles. The molecule has 1 heterocycles. The molecule has 0 bridgehead atoms. The largest absolute Gasteiger partial charge is 0.495 e. The van der Waals surface area contributed by atoms with E-state index < -0.39 is 6.03 Å². The zero-order chi connectivity index (χ0) is 18.7. The molecular weight excluding hydrogens is 354 g/mol. The fourth-order valence-corrected chi connectivity index (χ4v) is 3.14. The van der Waals surface area contributed by atoms with E-state index in [0.29, 0.717) is 28.7 Å². The number of methoxy groups -OCH3 is 1. The number of carbonyl (C=O) groups excluding carboxylic acids is 2. The summed E-state index contributed by atoms with van der Waals surface area (Å²) in [4.78, 5) is 25.7. The summed E-state index contributed by atoms with van der Waals surface area (Å²) in [5.41, 5.74) is 3.39. The number of hydrogen-bond donors (Lipinski definition) is 2. The SMILES string of the molecule is COc1ccc(Cl)cc1NC(=O)Nc1ccc2c(c1)CN(C(C)=O)CC2. The minimum absolute atomic E-state index is 0.0554. The third-order valence-electron chi connectivity index (χ3n) is 4.33. The zero-order valence-corrected chi connectivity index (χ0v) is 15.4. The van der Waals surface area contributed by atoms with E-state index in [2.05, 4.69) is 10.6 Å². The van der Waals surface area contributed by atoms with Crippen LogP contribution in [-0.4, -0.2) is 30.5 Å². The molecule has 1 aliphatic rings. The maximum atomic E-state index is 12.3. The average molecular weight is 374 g/mol. The summed E-state index contributed by atoms with van der Waals surface area (Å²) in [5.74, 6) is 0.576. The van der Waals surface area contributed by atoms with Crippen molar-refractivity contribution in [3.05, 3.63) is 52.5 Å². The molecule has 0 unspecified atom stereocenters. The van der Waals surface area contributed by atoms with Crippen LogP contribution in [0.15, 0.2) is 36.4 Å². The van der Waals surface area contributed by atoms with Crippen LogP contribution in [0.5, 0.6) is 5.75 Å². The summed E-state index contributed by atoms with van der Waals surface area (Å²) in [6.07, 6.45) is 0.821. The van der Waals surface area contributed by atoms with E-state index in [-0.39, 0.29) is 5.91 Å². The van der Waals surface area contributed by atoms with Gasteiger partial charge < -0.3 is 20.3 Å². The first-order valence-electron chi connectivity index (χ1n) is 8.25. The van der Waals surface area contributed by atoms with Crippen LogP contribution in [0.4, 0.5) is 16.2 Å². The van der Waals surface area contributed by atoms with Crippen molar-refractivity contribution in [3.63, 3.8) is 0 Å².